The first-order valence-corrected chi connectivity index (χ1v) is 4.63. The first-order chi connectivity index (χ1) is 5.61. The van der Waals surface area contributed by atoms with Gasteiger partial charge in [0.15, 0.2) is 0 Å². The van der Waals surface area contributed by atoms with E-state index in [1.165, 1.54) is 0 Å². The van der Waals surface area contributed by atoms with Crippen LogP contribution in [0.5, 0.6) is 0 Å². The van der Waals surface area contributed by atoms with Gasteiger partial charge in [-0.1, -0.05) is 6.58 Å². The van der Waals surface area contributed by atoms with Gasteiger partial charge in [0.25, 0.3) is 0 Å². The van der Waals surface area contributed by atoms with E-state index in [0.717, 1.165) is 25.9 Å². The Bertz CT molecular complexity index is 195. The van der Waals surface area contributed by atoms with E-state index in [-0.39, 0.29) is 11.3 Å². The molecule has 68 valence electrons. The average Bonchev–Trinajstić information content (AvgIpc) is 2.04. The van der Waals surface area contributed by atoms with Gasteiger partial charge < -0.3 is 4.90 Å². The summed E-state index contributed by atoms with van der Waals surface area (Å²) in [5.41, 5.74) is 0.614. The van der Waals surface area contributed by atoms with Crippen LogP contribution in [0.3, 0.4) is 0 Å². The van der Waals surface area contributed by atoms with E-state index in [4.69, 9.17) is 11.6 Å². The van der Waals surface area contributed by atoms with E-state index in [1.807, 2.05) is 4.90 Å². The van der Waals surface area contributed by atoms with Crippen molar-refractivity contribution in [2.45, 2.75) is 25.1 Å². The molecule has 0 atom stereocenters. The van der Waals surface area contributed by atoms with Crippen molar-refractivity contribution < 1.29 is 4.79 Å². The predicted molar refractivity (Wildman–Crippen MR) is 50.3 cm³/mol. The zero-order chi connectivity index (χ0) is 9.14. The van der Waals surface area contributed by atoms with Crippen molar-refractivity contribution in [3.8, 4) is 0 Å². The average molecular weight is 188 g/mol. The van der Waals surface area contributed by atoms with Gasteiger partial charge in [0, 0.05) is 24.0 Å². The first kappa shape index (κ1) is 9.59. The van der Waals surface area contributed by atoms with E-state index in [9.17, 15) is 4.79 Å². The highest BCUT2D eigenvalue weighted by Crippen LogP contribution is 2.16. The predicted octanol–water partition coefficient (Wildman–Crippen LogP) is 1.79. The normalized spacial score (nSPS) is 19.3. The van der Waals surface area contributed by atoms with Gasteiger partial charge in [-0.05, 0) is 19.8 Å². The van der Waals surface area contributed by atoms with Crippen molar-refractivity contribution >= 4 is 17.5 Å². The minimum Gasteiger partial charge on any atom is -0.339 e. The van der Waals surface area contributed by atoms with Crippen LogP contribution < -0.4 is 0 Å². The van der Waals surface area contributed by atoms with E-state index in [0.29, 0.717) is 5.57 Å². The molecule has 0 N–H and O–H groups in total. The third-order valence-electron chi connectivity index (χ3n) is 2.08. The Balaban J connectivity index is 2.44. The van der Waals surface area contributed by atoms with E-state index >= 15 is 0 Å². The molecule has 0 aromatic heterocycles. The van der Waals surface area contributed by atoms with E-state index < -0.39 is 0 Å². The molecule has 2 nitrogen and oxygen atoms in total. The number of alkyl halides is 1. The first-order valence-electron chi connectivity index (χ1n) is 4.20. The molecule has 0 unspecified atom stereocenters. The lowest BCUT2D eigenvalue weighted by Gasteiger charge is -2.29. The molecule has 0 spiro atoms. The van der Waals surface area contributed by atoms with Crippen LogP contribution in [0.15, 0.2) is 12.2 Å². The molecular formula is C9H14ClNO. The number of piperidine rings is 1. The van der Waals surface area contributed by atoms with Crippen LogP contribution in [0, 0.1) is 0 Å². The lowest BCUT2D eigenvalue weighted by atomic mass is 10.1. The molecule has 1 rings (SSSR count). The summed E-state index contributed by atoms with van der Waals surface area (Å²) < 4.78 is 0. The summed E-state index contributed by atoms with van der Waals surface area (Å²) in [6, 6.07) is 0. The van der Waals surface area contributed by atoms with Gasteiger partial charge >= 0.3 is 0 Å². The number of nitrogens with zero attached hydrogens (tertiary/aromatic N) is 1. The Kier molecular flexibility index (Phi) is 3.15. The lowest BCUT2D eigenvalue weighted by Crippen LogP contribution is -2.39. The van der Waals surface area contributed by atoms with Crippen molar-refractivity contribution in [1.82, 2.24) is 4.90 Å². The highest BCUT2D eigenvalue weighted by Gasteiger charge is 2.21. The van der Waals surface area contributed by atoms with Gasteiger partial charge in [0.2, 0.25) is 5.91 Å². The van der Waals surface area contributed by atoms with Crippen LogP contribution in [0.25, 0.3) is 0 Å². The Labute approximate surface area is 78.2 Å². The molecule has 0 aromatic carbocycles. The zero-order valence-electron chi connectivity index (χ0n) is 7.35. The van der Waals surface area contributed by atoms with Crippen molar-refractivity contribution in [3.05, 3.63) is 12.2 Å². The standard InChI is InChI=1S/C9H14ClNO/c1-7(2)9(12)11-5-3-8(10)4-6-11/h8H,1,3-6H2,2H3. The maximum Gasteiger partial charge on any atom is 0.248 e. The minimum absolute atomic E-state index is 0.0681. The molecule has 1 aliphatic heterocycles. The Morgan fingerprint density at radius 2 is 2.00 bits per heavy atom. The van der Waals surface area contributed by atoms with Gasteiger partial charge in [-0.15, -0.1) is 11.6 Å². The highest BCUT2D eigenvalue weighted by atomic mass is 35.5. The second-order valence-corrected chi connectivity index (χ2v) is 3.86. The molecule has 3 heteroatoms. The fraction of sp³-hybridized carbons (Fsp3) is 0.667. The summed E-state index contributed by atoms with van der Waals surface area (Å²) in [6.45, 7) is 6.93. The lowest BCUT2D eigenvalue weighted by molar-refractivity contribution is -0.127. The number of hydrogen-bond acceptors (Lipinski definition) is 1. The second kappa shape index (κ2) is 3.94. The SMILES string of the molecule is C=C(C)C(=O)N1CCC(Cl)CC1. The van der Waals surface area contributed by atoms with Crippen LogP contribution in [0.1, 0.15) is 19.8 Å². The maximum absolute atomic E-state index is 11.4. The Morgan fingerprint density at radius 3 is 2.42 bits per heavy atom. The minimum atomic E-state index is 0.0681. The van der Waals surface area contributed by atoms with Crippen molar-refractivity contribution in [2.75, 3.05) is 13.1 Å². The van der Waals surface area contributed by atoms with Crippen LogP contribution in [0.2, 0.25) is 0 Å². The molecule has 1 amide bonds. The van der Waals surface area contributed by atoms with Gasteiger partial charge in [-0.2, -0.15) is 0 Å². The number of carbonyl (C=O) groups excluding carboxylic acids is 1. The van der Waals surface area contributed by atoms with Gasteiger partial charge in [-0.3, -0.25) is 4.79 Å². The number of rotatable bonds is 1. The Hall–Kier alpha value is -0.500. The third kappa shape index (κ3) is 2.24. The molecule has 0 aliphatic carbocycles. The number of carbonyl (C=O) groups is 1. The largest absolute Gasteiger partial charge is 0.339 e. The quantitative estimate of drug-likeness (QED) is 0.453. The summed E-state index contributed by atoms with van der Waals surface area (Å²) >= 11 is 5.91. The molecule has 0 radical (unpaired) electrons. The number of halogens is 1. The molecule has 1 aliphatic rings. The molecule has 0 saturated carbocycles. The molecule has 0 bridgehead atoms. The number of hydrogen-bond donors (Lipinski definition) is 0. The molecular weight excluding hydrogens is 174 g/mol. The fourth-order valence-electron chi connectivity index (χ4n) is 1.32. The topological polar surface area (TPSA) is 20.3 Å². The summed E-state index contributed by atoms with van der Waals surface area (Å²) in [5, 5.41) is 0.249. The molecule has 12 heavy (non-hydrogen) atoms. The van der Waals surface area contributed by atoms with Gasteiger partial charge in [0.05, 0.1) is 0 Å². The number of amides is 1. The van der Waals surface area contributed by atoms with Crippen molar-refractivity contribution in [2.24, 2.45) is 0 Å². The van der Waals surface area contributed by atoms with E-state index in [2.05, 4.69) is 6.58 Å². The fourth-order valence-corrected chi connectivity index (χ4v) is 1.52. The zero-order valence-corrected chi connectivity index (χ0v) is 8.10. The van der Waals surface area contributed by atoms with Gasteiger partial charge in [-0.25, -0.2) is 0 Å². The van der Waals surface area contributed by atoms with Crippen molar-refractivity contribution in [3.63, 3.8) is 0 Å². The van der Waals surface area contributed by atoms with E-state index in [1.54, 1.807) is 6.92 Å². The van der Waals surface area contributed by atoms with Crippen LogP contribution >= 0.6 is 11.6 Å². The molecule has 1 fully saturated rings. The Morgan fingerprint density at radius 1 is 1.50 bits per heavy atom. The number of likely N-dealkylation sites (tertiary alicyclic amines) is 1. The highest BCUT2D eigenvalue weighted by molar-refractivity contribution is 6.20. The summed E-state index contributed by atoms with van der Waals surface area (Å²) in [6.07, 6.45) is 1.81. The molecule has 1 saturated heterocycles. The van der Waals surface area contributed by atoms with Crippen LogP contribution in [-0.2, 0) is 4.79 Å². The smallest absolute Gasteiger partial charge is 0.248 e. The van der Waals surface area contributed by atoms with Crippen molar-refractivity contribution in [1.29, 1.82) is 0 Å². The molecule has 1 heterocycles. The van der Waals surface area contributed by atoms with Crippen LogP contribution in [0.4, 0.5) is 0 Å². The summed E-state index contributed by atoms with van der Waals surface area (Å²) in [4.78, 5) is 13.2. The third-order valence-corrected chi connectivity index (χ3v) is 2.51. The monoisotopic (exact) mass is 187 g/mol. The second-order valence-electron chi connectivity index (χ2n) is 3.25. The summed E-state index contributed by atoms with van der Waals surface area (Å²) in [5.74, 6) is 0.0681. The van der Waals surface area contributed by atoms with Gasteiger partial charge in [0.1, 0.15) is 0 Å². The molecule has 0 aromatic rings. The summed E-state index contributed by atoms with van der Waals surface area (Å²) in [7, 11) is 0. The maximum atomic E-state index is 11.4. The van der Waals surface area contributed by atoms with Crippen LogP contribution in [-0.4, -0.2) is 29.3 Å².